The van der Waals surface area contributed by atoms with Gasteiger partial charge in [0, 0.05) is 12.5 Å². The first-order valence-corrected chi connectivity index (χ1v) is 6.39. The molecule has 0 bridgehead atoms. The van der Waals surface area contributed by atoms with Gasteiger partial charge in [-0.2, -0.15) is 0 Å². The molecule has 1 saturated carbocycles. The highest BCUT2D eigenvalue weighted by molar-refractivity contribution is 4.92. The van der Waals surface area contributed by atoms with Gasteiger partial charge in [-0.1, -0.05) is 26.2 Å². The predicted molar refractivity (Wildman–Crippen MR) is 64.1 cm³/mol. The molecule has 0 saturated heterocycles. The Morgan fingerprint density at radius 2 is 2.19 bits per heavy atom. The van der Waals surface area contributed by atoms with Crippen molar-refractivity contribution in [3.8, 4) is 0 Å². The Kier molecular flexibility index (Phi) is 3.93. The molecule has 1 heterocycles. The SMILES string of the molecule is CC(CN)Cc1nncn1C1CCCCC1. The lowest BCUT2D eigenvalue weighted by Crippen LogP contribution is -2.19. The van der Waals surface area contributed by atoms with Crippen LogP contribution in [0.3, 0.4) is 0 Å². The van der Waals surface area contributed by atoms with Gasteiger partial charge in [0.05, 0.1) is 0 Å². The largest absolute Gasteiger partial charge is 0.330 e. The number of rotatable bonds is 4. The lowest BCUT2D eigenvalue weighted by molar-refractivity contribution is 0.341. The fourth-order valence-corrected chi connectivity index (χ4v) is 2.47. The van der Waals surface area contributed by atoms with Crippen LogP contribution >= 0.6 is 0 Å². The Morgan fingerprint density at radius 3 is 2.88 bits per heavy atom. The van der Waals surface area contributed by atoms with Gasteiger partial charge in [0.1, 0.15) is 12.2 Å². The molecule has 90 valence electrons. The number of hydrogen-bond acceptors (Lipinski definition) is 3. The van der Waals surface area contributed by atoms with E-state index in [1.165, 1.54) is 32.1 Å². The third kappa shape index (κ3) is 2.61. The van der Waals surface area contributed by atoms with Crippen LogP contribution in [0.15, 0.2) is 6.33 Å². The topological polar surface area (TPSA) is 56.7 Å². The van der Waals surface area contributed by atoms with Gasteiger partial charge in [-0.15, -0.1) is 10.2 Å². The van der Waals surface area contributed by atoms with Crippen molar-refractivity contribution in [2.45, 2.75) is 51.5 Å². The van der Waals surface area contributed by atoms with Crippen molar-refractivity contribution in [1.29, 1.82) is 0 Å². The number of nitrogens with two attached hydrogens (primary N) is 1. The molecular formula is C12H22N4. The van der Waals surface area contributed by atoms with E-state index in [-0.39, 0.29) is 0 Å². The van der Waals surface area contributed by atoms with E-state index in [2.05, 4.69) is 21.7 Å². The van der Waals surface area contributed by atoms with Gasteiger partial charge < -0.3 is 10.3 Å². The van der Waals surface area contributed by atoms with Crippen molar-refractivity contribution in [3.05, 3.63) is 12.2 Å². The Balaban J connectivity index is 2.05. The standard InChI is InChI=1S/C12H22N4/c1-10(8-13)7-12-15-14-9-16(12)11-5-3-2-4-6-11/h9-11H,2-8,13H2,1H3. The molecule has 0 radical (unpaired) electrons. The van der Waals surface area contributed by atoms with Gasteiger partial charge in [-0.3, -0.25) is 0 Å². The molecule has 0 amide bonds. The molecular weight excluding hydrogens is 200 g/mol. The molecule has 1 unspecified atom stereocenters. The summed E-state index contributed by atoms with van der Waals surface area (Å²) in [5, 5.41) is 8.29. The molecule has 0 aliphatic heterocycles. The lowest BCUT2D eigenvalue weighted by Gasteiger charge is -2.24. The minimum atomic E-state index is 0.492. The Bertz CT molecular complexity index is 315. The maximum absolute atomic E-state index is 5.66. The zero-order valence-electron chi connectivity index (χ0n) is 10.1. The summed E-state index contributed by atoms with van der Waals surface area (Å²) in [4.78, 5) is 0. The molecule has 2 rings (SSSR count). The molecule has 1 aliphatic rings. The molecule has 0 spiro atoms. The second-order valence-electron chi connectivity index (χ2n) is 4.99. The quantitative estimate of drug-likeness (QED) is 0.846. The zero-order chi connectivity index (χ0) is 11.4. The van der Waals surface area contributed by atoms with E-state index in [1.54, 1.807) is 0 Å². The second kappa shape index (κ2) is 5.43. The molecule has 1 aromatic heterocycles. The first kappa shape index (κ1) is 11.6. The van der Waals surface area contributed by atoms with Crippen molar-refractivity contribution >= 4 is 0 Å². The van der Waals surface area contributed by atoms with Crippen LogP contribution in [0, 0.1) is 5.92 Å². The van der Waals surface area contributed by atoms with Crippen molar-refractivity contribution < 1.29 is 0 Å². The molecule has 0 aromatic carbocycles. The number of nitrogens with zero attached hydrogens (tertiary/aromatic N) is 3. The van der Waals surface area contributed by atoms with E-state index in [4.69, 9.17) is 5.73 Å². The average molecular weight is 222 g/mol. The van der Waals surface area contributed by atoms with Gasteiger partial charge in [0.25, 0.3) is 0 Å². The fraction of sp³-hybridized carbons (Fsp3) is 0.833. The third-order valence-electron chi connectivity index (χ3n) is 3.55. The van der Waals surface area contributed by atoms with Gasteiger partial charge >= 0.3 is 0 Å². The highest BCUT2D eigenvalue weighted by Crippen LogP contribution is 2.28. The van der Waals surface area contributed by atoms with Crippen molar-refractivity contribution in [2.75, 3.05) is 6.54 Å². The van der Waals surface area contributed by atoms with E-state index in [0.29, 0.717) is 12.0 Å². The summed E-state index contributed by atoms with van der Waals surface area (Å²) in [5.74, 6) is 1.61. The highest BCUT2D eigenvalue weighted by Gasteiger charge is 2.19. The molecule has 4 heteroatoms. The fourth-order valence-electron chi connectivity index (χ4n) is 2.47. The van der Waals surface area contributed by atoms with Gasteiger partial charge in [0.2, 0.25) is 0 Å². The summed E-state index contributed by atoms with van der Waals surface area (Å²) in [5.41, 5.74) is 5.66. The molecule has 1 aliphatic carbocycles. The number of hydrogen-bond donors (Lipinski definition) is 1. The van der Waals surface area contributed by atoms with Crippen LogP contribution in [0.2, 0.25) is 0 Å². The van der Waals surface area contributed by atoms with Crippen LogP contribution in [-0.4, -0.2) is 21.3 Å². The van der Waals surface area contributed by atoms with Crippen LogP contribution < -0.4 is 5.73 Å². The maximum Gasteiger partial charge on any atom is 0.133 e. The van der Waals surface area contributed by atoms with E-state index in [9.17, 15) is 0 Å². The van der Waals surface area contributed by atoms with Gasteiger partial charge in [0.15, 0.2) is 0 Å². The second-order valence-corrected chi connectivity index (χ2v) is 4.99. The first-order valence-electron chi connectivity index (χ1n) is 6.39. The highest BCUT2D eigenvalue weighted by atomic mass is 15.3. The van der Waals surface area contributed by atoms with Crippen molar-refractivity contribution in [2.24, 2.45) is 11.7 Å². The number of aromatic nitrogens is 3. The molecule has 1 atom stereocenters. The predicted octanol–water partition coefficient (Wildman–Crippen LogP) is 1.92. The molecule has 1 fully saturated rings. The summed E-state index contributed by atoms with van der Waals surface area (Å²) in [6.07, 6.45) is 9.47. The zero-order valence-corrected chi connectivity index (χ0v) is 10.1. The van der Waals surface area contributed by atoms with E-state index >= 15 is 0 Å². The Hall–Kier alpha value is -0.900. The van der Waals surface area contributed by atoms with Crippen molar-refractivity contribution in [1.82, 2.24) is 14.8 Å². The first-order chi connectivity index (χ1) is 7.81. The van der Waals surface area contributed by atoms with Crippen molar-refractivity contribution in [3.63, 3.8) is 0 Å². The van der Waals surface area contributed by atoms with Gasteiger partial charge in [-0.05, 0) is 25.3 Å². The third-order valence-corrected chi connectivity index (χ3v) is 3.55. The Labute approximate surface area is 97.2 Å². The summed E-state index contributed by atoms with van der Waals surface area (Å²) >= 11 is 0. The molecule has 2 N–H and O–H groups in total. The van der Waals surface area contributed by atoms with Gasteiger partial charge in [-0.25, -0.2) is 0 Å². The lowest BCUT2D eigenvalue weighted by atomic mass is 9.95. The van der Waals surface area contributed by atoms with E-state index in [1.807, 2.05) is 6.33 Å². The smallest absolute Gasteiger partial charge is 0.133 e. The van der Waals surface area contributed by atoms with E-state index in [0.717, 1.165) is 18.8 Å². The summed E-state index contributed by atoms with van der Waals surface area (Å²) in [7, 11) is 0. The Morgan fingerprint density at radius 1 is 1.44 bits per heavy atom. The summed E-state index contributed by atoms with van der Waals surface area (Å²) in [6, 6.07) is 0.628. The molecule has 4 nitrogen and oxygen atoms in total. The van der Waals surface area contributed by atoms with Crippen LogP contribution in [0.5, 0.6) is 0 Å². The van der Waals surface area contributed by atoms with Crippen LogP contribution in [0.25, 0.3) is 0 Å². The normalized spacial score (nSPS) is 19.9. The average Bonchev–Trinajstić information content (AvgIpc) is 2.78. The minimum Gasteiger partial charge on any atom is -0.330 e. The monoisotopic (exact) mass is 222 g/mol. The minimum absolute atomic E-state index is 0.492. The summed E-state index contributed by atoms with van der Waals surface area (Å²) < 4.78 is 2.28. The molecule has 1 aromatic rings. The maximum atomic E-state index is 5.66. The summed E-state index contributed by atoms with van der Waals surface area (Å²) in [6.45, 7) is 2.89. The van der Waals surface area contributed by atoms with E-state index < -0.39 is 0 Å². The molecule has 16 heavy (non-hydrogen) atoms. The van der Waals surface area contributed by atoms with Crippen LogP contribution in [-0.2, 0) is 6.42 Å². The van der Waals surface area contributed by atoms with Crippen LogP contribution in [0.1, 0.15) is 50.9 Å². The van der Waals surface area contributed by atoms with Crippen LogP contribution in [0.4, 0.5) is 0 Å².